The smallest absolute Gasteiger partial charge is 0.418 e. The van der Waals surface area contributed by atoms with Crippen molar-refractivity contribution in [1.29, 1.82) is 0 Å². The van der Waals surface area contributed by atoms with Crippen molar-refractivity contribution >= 4 is 23.4 Å². The number of ether oxygens (including phenoxy) is 1. The molecule has 22 heavy (non-hydrogen) atoms. The Morgan fingerprint density at radius 1 is 1.45 bits per heavy atom. The molecule has 1 aromatic carbocycles. The quantitative estimate of drug-likeness (QED) is 0.875. The van der Waals surface area contributed by atoms with Gasteiger partial charge < -0.3 is 10.5 Å². The number of rotatable bonds is 3. The van der Waals surface area contributed by atoms with Gasteiger partial charge in [-0.05, 0) is 25.1 Å². The summed E-state index contributed by atoms with van der Waals surface area (Å²) >= 11 is 5.61. The van der Waals surface area contributed by atoms with Gasteiger partial charge in [-0.1, -0.05) is 11.6 Å². The van der Waals surface area contributed by atoms with Gasteiger partial charge in [0.05, 0.1) is 24.1 Å². The lowest BCUT2D eigenvalue weighted by Crippen LogP contribution is -2.14. The monoisotopic (exact) mass is 333 g/mol. The van der Waals surface area contributed by atoms with E-state index in [1.165, 1.54) is 6.07 Å². The van der Waals surface area contributed by atoms with Crippen molar-refractivity contribution in [3.05, 3.63) is 40.5 Å². The normalized spacial score (nSPS) is 11.5. The van der Waals surface area contributed by atoms with Crippen molar-refractivity contribution < 1.29 is 22.7 Å². The van der Waals surface area contributed by atoms with Gasteiger partial charge in [0.15, 0.2) is 0 Å². The van der Waals surface area contributed by atoms with Crippen molar-refractivity contribution in [3.63, 3.8) is 0 Å². The third-order valence-corrected chi connectivity index (χ3v) is 3.03. The van der Waals surface area contributed by atoms with Crippen molar-refractivity contribution in [1.82, 2.24) is 9.78 Å². The Hall–Kier alpha value is -2.22. The summed E-state index contributed by atoms with van der Waals surface area (Å²) in [4.78, 5) is 11.6. The highest BCUT2D eigenvalue weighted by Gasteiger charge is 2.35. The average Bonchev–Trinajstić information content (AvgIpc) is 2.80. The van der Waals surface area contributed by atoms with E-state index < -0.39 is 17.7 Å². The molecule has 0 spiro atoms. The molecule has 9 heteroatoms. The molecule has 0 bridgehead atoms. The van der Waals surface area contributed by atoms with Crippen LogP contribution in [0.5, 0.6) is 0 Å². The molecule has 0 fully saturated rings. The number of benzene rings is 1. The van der Waals surface area contributed by atoms with Crippen LogP contribution in [-0.2, 0) is 10.9 Å². The fourth-order valence-corrected chi connectivity index (χ4v) is 2.01. The second kappa shape index (κ2) is 5.88. The van der Waals surface area contributed by atoms with Crippen LogP contribution < -0.4 is 5.73 Å². The van der Waals surface area contributed by atoms with Crippen molar-refractivity contribution in [2.75, 3.05) is 12.3 Å². The number of nitrogen functional groups attached to an aromatic ring is 1. The van der Waals surface area contributed by atoms with Gasteiger partial charge in [0, 0.05) is 5.02 Å². The predicted octanol–water partition coefficient (Wildman–Crippen LogP) is 3.30. The van der Waals surface area contributed by atoms with Crippen LogP contribution >= 0.6 is 11.6 Å². The molecule has 0 aliphatic carbocycles. The number of nitrogens with two attached hydrogens (primary N) is 1. The molecule has 0 atom stereocenters. The summed E-state index contributed by atoms with van der Waals surface area (Å²) in [6.45, 7) is 1.71. The van der Waals surface area contributed by atoms with E-state index in [9.17, 15) is 18.0 Å². The second-order valence-corrected chi connectivity index (χ2v) is 4.67. The minimum absolute atomic E-state index is 0.0765. The van der Waals surface area contributed by atoms with Gasteiger partial charge in [-0.2, -0.15) is 18.3 Å². The summed E-state index contributed by atoms with van der Waals surface area (Å²) < 4.78 is 44.9. The van der Waals surface area contributed by atoms with Gasteiger partial charge in [-0.25, -0.2) is 9.48 Å². The van der Waals surface area contributed by atoms with Crippen LogP contribution in [0.3, 0.4) is 0 Å². The van der Waals surface area contributed by atoms with Crippen LogP contribution in [0.15, 0.2) is 24.4 Å². The molecule has 0 saturated carbocycles. The summed E-state index contributed by atoms with van der Waals surface area (Å²) in [5.41, 5.74) is 4.27. The van der Waals surface area contributed by atoms with E-state index in [0.717, 1.165) is 23.0 Å². The molecule has 0 unspecified atom stereocenters. The molecule has 2 N–H and O–H groups in total. The van der Waals surface area contributed by atoms with E-state index in [-0.39, 0.29) is 28.7 Å². The number of halogens is 4. The third kappa shape index (κ3) is 3.01. The molecule has 1 aromatic heterocycles. The van der Waals surface area contributed by atoms with E-state index in [2.05, 4.69) is 5.10 Å². The third-order valence-electron chi connectivity index (χ3n) is 2.79. The molecule has 0 aliphatic rings. The fraction of sp³-hybridized carbons (Fsp3) is 0.231. The van der Waals surface area contributed by atoms with Crippen molar-refractivity contribution in [2.24, 2.45) is 0 Å². The Bertz CT molecular complexity index is 713. The number of aromatic nitrogens is 2. The molecule has 0 radical (unpaired) electrons. The number of nitrogens with zero attached hydrogens (tertiary/aromatic N) is 2. The predicted molar refractivity (Wildman–Crippen MR) is 73.9 cm³/mol. The van der Waals surface area contributed by atoms with E-state index in [1.54, 1.807) is 6.92 Å². The highest BCUT2D eigenvalue weighted by atomic mass is 35.5. The lowest BCUT2D eigenvalue weighted by Gasteiger charge is -2.14. The van der Waals surface area contributed by atoms with Crippen LogP contribution in [0.25, 0.3) is 5.69 Å². The fourth-order valence-electron chi connectivity index (χ4n) is 1.84. The Labute approximate surface area is 128 Å². The number of carbonyl (C=O) groups is 1. The molecular weight excluding hydrogens is 323 g/mol. The minimum Gasteiger partial charge on any atom is -0.462 e. The second-order valence-electron chi connectivity index (χ2n) is 4.23. The van der Waals surface area contributed by atoms with E-state index in [0.29, 0.717) is 0 Å². The van der Waals surface area contributed by atoms with Gasteiger partial charge in [-0.3, -0.25) is 0 Å². The number of carbonyl (C=O) groups excluding carboxylic acids is 1. The topological polar surface area (TPSA) is 70.1 Å². The van der Waals surface area contributed by atoms with E-state index in [1.807, 2.05) is 0 Å². The average molecular weight is 334 g/mol. The maximum atomic E-state index is 13.1. The lowest BCUT2D eigenvalue weighted by atomic mass is 10.1. The zero-order chi connectivity index (χ0) is 16.5. The van der Waals surface area contributed by atoms with Gasteiger partial charge in [0.2, 0.25) is 0 Å². The maximum Gasteiger partial charge on any atom is 0.418 e. The van der Waals surface area contributed by atoms with Gasteiger partial charge in [0.1, 0.15) is 11.4 Å². The minimum atomic E-state index is -4.65. The summed E-state index contributed by atoms with van der Waals surface area (Å²) in [7, 11) is 0. The molecule has 0 amide bonds. The van der Waals surface area contributed by atoms with Crippen LogP contribution in [0.1, 0.15) is 22.8 Å². The standard InChI is InChI=1S/C13H11ClF3N3O2/c1-2-22-12(21)8-6-19-20(11(8)18)10-4-3-7(14)5-9(10)13(15,16)17/h3-6H,2,18H2,1H3. The van der Waals surface area contributed by atoms with Gasteiger partial charge in [-0.15, -0.1) is 0 Å². The van der Waals surface area contributed by atoms with Gasteiger partial charge in [0.25, 0.3) is 0 Å². The number of alkyl halides is 3. The molecule has 2 aromatic rings. The lowest BCUT2D eigenvalue weighted by molar-refractivity contribution is -0.137. The molecule has 2 rings (SSSR count). The molecular formula is C13H11ClF3N3O2. The first-order valence-electron chi connectivity index (χ1n) is 6.13. The first kappa shape index (κ1) is 16.2. The Morgan fingerprint density at radius 2 is 2.14 bits per heavy atom. The number of esters is 1. The summed E-state index contributed by atoms with van der Waals surface area (Å²) in [5.74, 6) is -1.000. The number of hydrogen-bond donors (Lipinski definition) is 1. The largest absolute Gasteiger partial charge is 0.462 e. The van der Waals surface area contributed by atoms with Crippen molar-refractivity contribution in [2.45, 2.75) is 13.1 Å². The molecule has 5 nitrogen and oxygen atoms in total. The van der Waals surface area contributed by atoms with Crippen LogP contribution in [0.4, 0.5) is 19.0 Å². The number of anilines is 1. The Balaban J connectivity index is 2.57. The van der Waals surface area contributed by atoms with E-state index >= 15 is 0 Å². The van der Waals surface area contributed by atoms with Crippen LogP contribution in [0.2, 0.25) is 5.02 Å². The van der Waals surface area contributed by atoms with E-state index in [4.69, 9.17) is 22.1 Å². The summed E-state index contributed by atoms with van der Waals surface area (Å²) in [6.07, 6.45) is -3.59. The van der Waals surface area contributed by atoms with Gasteiger partial charge >= 0.3 is 12.1 Å². The van der Waals surface area contributed by atoms with Crippen LogP contribution in [0, 0.1) is 0 Å². The zero-order valence-electron chi connectivity index (χ0n) is 11.3. The maximum absolute atomic E-state index is 13.1. The first-order chi connectivity index (χ1) is 10.3. The summed E-state index contributed by atoms with van der Waals surface area (Å²) in [5, 5.41) is 3.66. The zero-order valence-corrected chi connectivity index (χ0v) is 12.1. The highest BCUT2D eigenvalue weighted by Crippen LogP contribution is 2.36. The Kier molecular flexibility index (Phi) is 4.32. The Morgan fingerprint density at radius 3 is 2.73 bits per heavy atom. The highest BCUT2D eigenvalue weighted by molar-refractivity contribution is 6.30. The first-order valence-corrected chi connectivity index (χ1v) is 6.51. The molecule has 118 valence electrons. The molecule has 1 heterocycles. The van der Waals surface area contributed by atoms with Crippen LogP contribution in [-0.4, -0.2) is 22.4 Å². The molecule has 0 aliphatic heterocycles. The SMILES string of the molecule is CCOC(=O)c1cnn(-c2ccc(Cl)cc2C(F)(F)F)c1N. The van der Waals surface area contributed by atoms with Crippen molar-refractivity contribution in [3.8, 4) is 5.69 Å². The number of hydrogen-bond acceptors (Lipinski definition) is 4. The summed E-state index contributed by atoms with van der Waals surface area (Å²) in [6, 6.07) is 3.17. The molecule has 0 saturated heterocycles.